The van der Waals surface area contributed by atoms with Gasteiger partial charge in [0.05, 0.1) is 23.7 Å². The Kier molecular flexibility index (Phi) is 7.82. The average Bonchev–Trinajstić information content (AvgIpc) is 2.93. The van der Waals surface area contributed by atoms with Gasteiger partial charge in [-0.1, -0.05) is 88.4 Å². The minimum Gasteiger partial charge on any atom is -0.404 e. The molecule has 38 heavy (non-hydrogen) atoms. The van der Waals surface area contributed by atoms with Crippen molar-refractivity contribution >= 4 is 24.6 Å². The van der Waals surface area contributed by atoms with E-state index in [4.69, 9.17) is 9.41 Å². The van der Waals surface area contributed by atoms with Gasteiger partial charge in [0.1, 0.15) is 5.69 Å². The summed E-state index contributed by atoms with van der Waals surface area (Å²) in [5, 5.41) is 5.69. The lowest BCUT2D eigenvalue weighted by Crippen LogP contribution is -2.68. The van der Waals surface area contributed by atoms with Crippen LogP contribution in [0.3, 0.4) is 0 Å². The van der Waals surface area contributed by atoms with Crippen LogP contribution in [0.5, 0.6) is 0 Å². The third-order valence-corrected chi connectivity index (χ3v) is 13.5. The van der Waals surface area contributed by atoms with Crippen molar-refractivity contribution in [3.05, 3.63) is 83.9 Å². The van der Waals surface area contributed by atoms with Crippen molar-refractivity contribution in [3.63, 3.8) is 0 Å². The monoisotopic (exact) mass is 527 g/mol. The lowest BCUT2D eigenvalue weighted by molar-refractivity contribution is 0.0916. The Morgan fingerprint density at radius 1 is 0.895 bits per heavy atom. The van der Waals surface area contributed by atoms with Crippen LogP contribution in [0.4, 0.5) is 0 Å². The Morgan fingerprint density at radius 3 is 2.08 bits per heavy atom. The summed E-state index contributed by atoms with van der Waals surface area (Å²) < 4.78 is 7.37. The second-order valence-electron chi connectivity index (χ2n) is 12.2. The Morgan fingerprint density at radius 2 is 1.50 bits per heavy atom. The number of aryl methyl sites for hydroxylation is 1. The maximum Gasteiger partial charge on any atom is 0.271 e. The van der Waals surface area contributed by atoms with Gasteiger partial charge in [0.25, 0.3) is 14.2 Å². The largest absolute Gasteiger partial charge is 0.404 e. The summed E-state index contributed by atoms with van der Waals surface area (Å²) in [5.41, 5.74) is 2.33. The molecule has 2 aliphatic rings. The number of carbonyl (C=O) groups is 1. The maximum absolute atomic E-state index is 13.1. The Labute approximate surface area is 228 Å². The Hall–Kier alpha value is -2.83. The average molecular weight is 528 g/mol. The zero-order chi connectivity index (χ0) is 26.8. The number of fused-ring (bicyclic) bond motifs is 1. The smallest absolute Gasteiger partial charge is 0.271 e. The molecule has 1 atom stereocenters. The first kappa shape index (κ1) is 26.8. The Balaban J connectivity index is 1.41. The normalized spacial score (nSPS) is 21.9. The number of carbonyl (C=O) groups excluding carboxylic acids is 1. The van der Waals surface area contributed by atoms with E-state index in [0.29, 0.717) is 12.1 Å². The summed E-state index contributed by atoms with van der Waals surface area (Å²) in [6, 6.07) is 21.8. The summed E-state index contributed by atoms with van der Waals surface area (Å²) in [6.45, 7) is 9.22. The molecule has 200 valence electrons. The number of hydrogen-bond donors (Lipinski definition) is 1. The fraction of sp³-hybridized carbons (Fsp3) is 0.469. The predicted molar refractivity (Wildman–Crippen MR) is 155 cm³/mol. The molecule has 6 heteroatoms. The van der Waals surface area contributed by atoms with E-state index >= 15 is 0 Å². The molecule has 1 unspecified atom stereocenters. The molecule has 0 aliphatic heterocycles. The zero-order valence-corrected chi connectivity index (χ0v) is 24.2. The number of rotatable bonds is 6. The summed E-state index contributed by atoms with van der Waals surface area (Å²) in [5.74, 6) is 0.647. The molecule has 2 aromatic carbocycles. The molecule has 2 aliphatic carbocycles. The van der Waals surface area contributed by atoms with Gasteiger partial charge in [-0.05, 0) is 59.9 Å². The van der Waals surface area contributed by atoms with Gasteiger partial charge in [0, 0.05) is 12.5 Å². The first-order valence-corrected chi connectivity index (χ1v) is 16.1. The molecule has 1 N–H and O–H groups in total. The molecule has 1 saturated carbocycles. The topological polar surface area (TPSA) is 64.1 Å². The minimum absolute atomic E-state index is 0.0150. The van der Waals surface area contributed by atoms with Crippen LogP contribution in [0.25, 0.3) is 0 Å². The number of aromatic nitrogens is 2. The van der Waals surface area contributed by atoms with Crippen LogP contribution >= 0.6 is 0 Å². The van der Waals surface area contributed by atoms with Crippen molar-refractivity contribution in [2.75, 3.05) is 0 Å². The Bertz CT molecular complexity index is 1200. The molecule has 1 heterocycles. The predicted octanol–water partition coefficient (Wildman–Crippen LogP) is 5.22. The van der Waals surface area contributed by atoms with Crippen LogP contribution in [0.1, 0.15) is 81.7 Å². The maximum atomic E-state index is 13.1. The molecule has 3 aromatic rings. The molecule has 1 fully saturated rings. The van der Waals surface area contributed by atoms with E-state index in [-0.39, 0.29) is 23.1 Å². The second-order valence-corrected chi connectivity index (χ2v) is 16.5. The SMILES string of the molecule is CC1CCC(NC(=O)c2cnc3c(n2)CC(O[Si](c2ccccc2)(c2ccccc2)C(C)(C)C)CC3)CC1. The van der Waals surface area contributed by atoms with Crippen molar-refractivity contribution in [1.29, 1.82) is 0 Å². The van der Waals surface area contributed by atoms with Crippen LogP contribution in [-0.4, -0.2) is 36.3 Å². The van der Waals surface area contributed by atoms with Crippen molar-refractivity contribution in [3.8, 4) is 0 Å². The second kappa shape index (κ2) is 11.1. The molecule has 0 radical (unpaired) electrons. The van der Waals surface area contributed by atoms with Gasteiger partial charge in [-0.3, -0.25) is 9.78 Å². The highest BCUT2D eigenvalue weighted by molar-refractivity contribution is 6.99. The number of amides is 1. The quantitative estimate of drug-likeness (QED) is 0.447. The first-order valence-electron chi connectivity index (χ1n) is 14.2. The van der Waals surface area contributed by atoms with Gasteiger partial charge in [-0.25, -0.2) is 4.98 Å². The van der Waals surface area contributed by atoms with Crippen LogP contribution in [0.2, 0.25) is 5.04 Å². The molecular formula is C32H41N3O2Si. The number of nitrogens with zero attached hydrogens (tertiary/aromatic N) is 2. The lowest BCUT2D eigenvalue weighted by atomic mass is 9.87. The van der Waals surface area contributed by atoms with Gasteiger partial charge in [-0.15, -0.1) is 0 Å². The van der Waals surface area contributed by atoms with Crippen molar-refractivity contribution in [2.45, 2.75) is 89.8 Å². The molecule has 5 nitrogen and oxygen atoms in total. The van der Waals surface area contributed by atoms with Crippen LogP contribution in [-0.2, 0) is 17.3 Å². The highest BCUT2D eigenvalue weighted by atomic mass is 28.4. The summed E-state index contributed by atoms with van der Waals surface area (Å²) in [4.78, 5) is 22.6. The van der Waals surface area contributed by atoms with E-state index in [1.165, 1.54) is 23.2 Å². The van der Waals surface area contributed by atoms with Crippen LogP contribution in [0.15, 0.2) is 66.9 Å². The minimum atomic E-state index is -2.66. The third-order valence-electron chi connectivity index (χ3n) is 8.40. The third kappa shape index (κ3) is 5.48. The molecule has 0 saturated heterocycles. The molecular weight excluding hydrogens is 486 g/mol. The zero-order valence-electron chi connectivity index (χ0n) is 23.2. The summed E-state index contributed by atoms with van der Waals surface area (Å²) in [6.07, 6.45) is 8.48. The summed E-state index contributed by atoms with van der Waals surface area (Å²) in [7, 11) is -2.66. The first-order chi connectivity index (χ1) is 18.3. The van der Waals surface area contributed by atoms with E-state index in [1.54, 1.807) is 6.20 Å². The molecule has 1 amide bonds. The lowest BCUT2D eigenvalue weighted by Gasteiger charge is -2.45. The number of nitrogens with one attached hydrogen (secondary N) is 1. The summed E-state index contributed by atoms with van der Waals surface area (Å²) >= 11 is 0. The van der Waals surface area contributed by atoms with Gasteiger partial charge in [-0.2, -0.15) is 0 Å². The number of benzene rings is 2. The molecule has 5 rings (SSSR count). The van der Waals surface area contributed by atoms with Crippen LogP contribution < -0.4 is 15.7 Å². The standard InChI is InChI=1S/C32H41N3O2Si/c1-23-15-17-24(18-16-23)34-31(36)30-22-33-28-20-19-25(21-29(28)35-30)37-38(32(2,3)4,26-11-7-5-8-12-26)27-13-9-6-10-14-27/h5-14,22-25H,15-21H2,1-4H3,(H,34,36). The van der Waals surface area contributed by atoms with E-state index in [0.717, 1.165) is 43.0 Å². The van der Waals surface area contributed by atoms with Crippen molar-refractivity contribution < 1.29 is 9.22 Å². The molecule has 0 spiro atoms. The van der Waals surface area contributed by atoms with Gasteiger partial charge in [0.2, 0.25) is 0 Å². The highest BCUT2D eigenvalue weighted by Crippen LogP contribution is 2.39. The molecule has 1 aromatic heterocycles. The van der Waals surface area contributed by atoms with E-state index in [2.05, 4.69) is 98.7 Å². The van der Waals surface area contributed by atoms with Gasteiger partial charge >= 0.3 is 0 Å². The van der Waals surface area contributed by atoms with Crippen LogP contribution in [0, 0.1) is 5.92 Å². The number of hydrogen-bond acceptors (Lipinski definition) is 4. The van der Waals surface area contributed by atoms with Gasteiger partial charge in [0.15, 0.2) is 0 Å². The van der Waals surface area contributed by atoms with E-state index < -0.39 is 8.32 Å². The van der Waals surface area contributed by atoms with E-state index in [9.17, 15) is 4.79 Å². The highest BCUT2D eigenvalue weighted by Gasteiger charge is 2.51. The van der Waals surface area contributed by atoms with Gasteiger partial charge < -0.3 is 9.74 Å². The molecule has 0 bridgehead atoms. The fourth-order valence-corrected chi connectivity index (χ4v) is 11.0. The van der Waals surface area contributed by atoms with Crippen molar-refractivity contribution in [1.82, 2.24) is 15.3 Å². The van der Waals surface area contributed by atoms with E-state index in [1.807, 2.05) is 0 Å². The fourth-order valence-electron chi connectivity index (χ4n) is 6.26. The van der Waals surface area contributed by atoms with Crippen molar-refractivity contribution in [2.24, 2.45) is 5.92 Å².